The molecule has 0 saturated carbocycles. The monoisotopic (exact) mass is 394 g/mol. The molecule has 0 aliphatic rings. The van der Waals surface area contributed by atoms with E-state index >= 15 is 0 Å². The van der Waals surface area contributed by atoms with Crippen LogP contribution in [-0.4, -0.2) is 0 Å². The predicted octanol–water partition coefficient (Wildman–Crippen LogP) is 11.0. The normalized spacial score (nSPS) is 12.5. The summed E-state index contributed by atoms with van der Waals surface area (Å²) < 4.78 is 0. The molecule has 0 aromatic heterocycles. The van der Waals surface area contributed by atoms with Crippen LogP contribution in [0.5, 0.6) is 0 Å². The first-order chi connectivity index (χ1) is 13.8. The number of hydrogen-bond acceptors (Lipinski definition) is 0. The summed E-state index contributed by atoms with van der Waals surface area (Å²) in [5.74, 6) is 0.970. The van der Waals surface area contributed by atoms with Crippen molar-refractivity contribution in [3.8, 4) is 0 Å². The van der Waals surface area contributed by atoms with Crippen LogP contribution in [0.2, 0.25) is 0 Å². The molecule has 0 nitrogen and oxygen atoms in total. The van der Waals surface area contributed by atoms with Crippen LogP contribution in [0.25, 0.3) is 0 Å². The third kappa shape index (κ3) is 24.0. The molecule has 28 heavy (non-hydrogen) atoms. The van der Waals surface area contributed by atoms with Gasteiger partial charge in [-0.15, -0.1) is 0 Å². The van der Waals surface area contributed by atoms with Crippen molar-refractivity contribution in [2.75, 3.05) is 0 Å². The first-order valence-electron chi connectivity index (χ1n) is 13.8. The molecule has 0 N–H and O–H groups in total. The topological polar surface area (TPSA) is 0 Å². The molecule has 0 fully saturated rings. The summed E-state index contributed by atoms with van der Waals surface area (Å²) in [7, 11) is 0. The molecular formula is C28H58. The van der Waals surface area contributed by atoms with Gasteiger partial charge in [-0.1, -0.05) is 175 Å². The van der Waals surface area contributed by atoms with E-state index < -0.39 is 0 Å². The largest absolute Gasteiger partial charge is 0.0654 e. The summed E-state index contributed by atoms with van der Waals surface area (Å²) in [4.78, 5) is 0. The van der Waals surface area contributed by atoms with Crippen LogP contribution in [0, 0.1) is 5.92 Å². The van der Waals surface area contributed by atoms with Gasteiger partial charge in [0.15, 0.2) is 0 Å². The molecule has 0 aromatic rings. The predicted molar refractivity (Wildman–Crippen MR) is 131 cm³/mol. The number of unbranched alkanes of at least 4 members (excludes halogenated alkanes) is 20. The molecule has 0 aromatic carbocycles. The van der Waals surface area contributed by atoms with Crippen molar-refractivity contribution in [2.24, 2.45) is 5.92 Å². The van der Waals surface area contributed by atoms with Gasteiger partial charge in [0.05, 0.1) is 0 Å². The van der Waals surface area contributed by atoms with E-state index in [9.17, 15) is 0 Å². The summed E-state index contributed by atoms with van der Waals surface area (Å²) in [5, 5.41) is 0. The van der Waals surface area contributed by atoms with Crippen molar-refractivity contribution in [1.82, 2.24) is 0 Å². The second-order valence-corrected chi connectivity index (χ2v) is 9.75. The van der Waals surface area contributed by atoms with Crippen LogP contribution in [0.1, 0.15) is 175 Å². The summed E-state index contributed by atoms with van der Waals surface area (Å²) >= 11 is 0. The van der Waals surface area contributed by atoms with Crippen LogP contribution in [0.15, 0.2) is 0 Å². The van der Waals surface area contributed by atoms with E-state index in [1.807, 2.05) is 0 Å². The average molecular weight is 395 g/mol. The Morgan fingerprint density at radius 3 is 0.821 bits per heavy atom. The molecule has 0 heterocycles. The van der Waals surface area contributed by atoms with Crippen molar-refractivity contribution >= 4 is 0 Å². The highest BCUT2D eigenvalue weighted by Gasteiger charge is 2.02. The summed E-state index contributed by atoms with van der Waals surface area (Å²) in [6.45, 7) is 7.08. The van der Waals surface area contributed by atoms with E-state index in [1.54, 1.807) is 0 Å². The van der Waals surface area contributed by atoms with Crippen molar-refractivity contribution in [2.45, 2.75) is 175 Å². The summed E-state index contributed by atoms with van der Waals surface area (Å²) in [5.41, 5.74) is 0. The molecule has 0 unspecified atom stereocenters. The Bertz CT molecular complexity index is 257. The minimum absolute atomic E-state index is 0.970. The molecule has 0 bridgehead atoms. The van der Waals surface area contributed by atoms with Gasteiger partial charge >= 0.3 is 0 Å². The van der Waals surface area contributed by atoms with E-state index in [2.05, 4.69) is 20.8 Å². The fraction of sp³-hybridized carbons (Fsp3) is 1.00. The first kappa shape index (κ1) is 28.0. The van der Waals surface area contributed by atoms with E-state index in [0.29, 0.717) is 0 Å². The maximum atomic E-state index is 2.47. The Labute approximate surface area is 181 Å². The SMILES string of the molecule is CCCCCCCCCCCCCCCCCCCC[C@@H](C)CCCCCC. The highest BCUT2D eigenvalue weighted by atomic mass is 14.1. The molecule has 0 radical (unpaired) electrons. The molecule has 0 heteroatoms. The van der Waals surface area contributed by atoms with Gasteiger partial charge in [0.25, 0.3) is 0 Å². The van der Waals surface area contributed by atoms with Crippen LogP contribution >= 0.6 is 0 Å². The lowest BCUT2D eigenvalue weighted by atomic mass is 9.96. The van der Waals surface area contributed by atoms with E-state index in [1.165, 1.54) is 154 Å². The smallest absolute Gasteiger partial charge is 0.0443 e. The van der Waals surface area contributed by atoms with E-state index in [4.69, 9.17) is 0 Å². The zero-order valence-corrected chi connectivity index (χ0v) is 20.5. The lowest BCUT2D eigenvalue weighted by molar-refractivity contribution is 0.433. The molecular weight excluding hydrogens is 336 g/mol. The van der Waals surface area contributed by atoms with Crippen molar-refractivity contribution in [1.29, 1.82) is 0 Å². The second kappa shape index (κ2) is 25.0. The lowest BCUT2D eigenvalue weighted by Crippen LogP contribution is -1.95. The average Bonchev–Trinajstić information content (AvgIpc) is 2.70. The molecule has 0 amide bonds. The maximum Gasteiger partial charge on any atom is -0.0443 e. The van der Waals surface area contributed by atoms with Crippen molar-refractivity contribution in [3.05, 3.63) is 0 Å². The Morgan fingerprint density at radius 1 is 0.321 bits per heavy atom. The number of hydrogen-bond donors (Lipinski definition) is 0. The lowest BCUT2D eigenvalue weighted by Gasteiger charge is -2.10. The minimum atomic E-state index is 0.970. The van der Waals surface area contributed by atoms with Gasteiger partial charge in [-0.3, -0.25) is 0 Å². The highest BCUT2D eigenvalue weighted by Crippen LogP contribution is 2.18. The third-order valence-electron chi connectivity index (χ3n) is 6.60. The number of rotatable bonds is 24. The maximum absolute atomic E-state index is 2.47. The van der Waals surface area contributed by atoms with Gasteiger partial charge < -0.3 is 0 Å². The zero-order chi connectivity index (χ0) is 20.5. The Hall–Kier alpha value is 0. The Balaban J connectivity index is 3.06. The van der Waals surface area contributed by atoms with Crippen LogP contribution < -0.4 is 0 Å². The second-order valence-electron chi connectivity index (χ2n) is 9.75. The Kier molecular flexibility index (Phi) is 25.0. The molecule has 0 aliphatic carbocycles. The molecule has 0 aliphatic heterocycles. The first-order valence-corrected chi connectivity index (χ1v) is 13.8. The van der Waals surface area contributed by atoms with Gasteiger partial charge in [0.1, 0.15) is 0 Å². The molecule has 170 valence electrons. The van der Waals surface area contributed by atoms with Crippen molar-refractivity contribution < 1.29 is 0 Å². The van der Waals surface area contributed by atoms with Crippen LogP contribution in [-0.2, 0) is 0 Å². The van der Waals surface area contributed by atoms with Crippen molar-refractivity contribution in [3.63, 3.8) is 0 Å². The minimum Gasteiger partial charge on any atom is -0.0654 e. The van der Waals surface area contributed by atoms with Gasteiger partial charge in [-0.2, -0.15) is 0 Å². The summed E-state index contributed by atoms with van der Waals surface area (Å²) in [6, 6.07) is 0. The van der Waals surface area contributed by atoms with Gasteiger partial charge in [-0.05, 0) is 5.92 Å². The summed E-state index contributed by atoms with van der Waals surface area (Å²) in [6.07, 6.45) is 35.3. The van der Waals surface area contributed by atoms with Crippen LogP contribution in [0.3, 0.4) is 0 Å². The molecule has 0 saturated heterocycles. The standard InChI is InChI=1S/C28H58/c1-4-6-8-10-11-12-13-14-15-16-17-18-19-20-21-22-23-25-27-28(3)26-24-9-7-5-2/h28H,4-27H2,1-3H3/t28-/m0/s1. The van der Waals surface area contributed by atoms with Gasteiger partial charge in [0.2, 0.25) is 0 Å². The fourth-order valence-electron chi connectivity index (χ4n) is 4.46. The molecule has 1 atom stereocenters. The highest BCUT2D eigenvalue weighted by molar-refractivity contribution is 4.56. The zero-order valence-electron chi connectivity index (χ0n) is 20.5. The molecule has 0 spiro atoms. The molecule has 0 rings (SSSR count). The van der Waals surface area contributed by atoms with Gasteiger partial charge in [-0.25, -0.2) is 0 Å². The van der Waals surface area contributed by atoms with E-state index in [-0.39, 0.29) is 0 Å². The third-order valence-corrected chi connectivity index (χ3v) is 6.60. The van der Waals surface area contributed by atoms with Gasteiger partial charge in [0, 0.05) is 0 Å². The van der Waals surface area contributed by atoms with Crippen LogP contribution in [0.4, 0.5) is 0 Å². The quantitative estimate of drug-likeness (QED) is 0.143. The fourth-order valence-corrected chi connectivity index (χ4v) is 4.46. The Morgan fingerprint density at radius 2 is 0.536 bits per heavy atom. The van der Waals surface area contributed by atoms with E-state index in [0.717, 1.165) is 5.92 Å².